The monoisotopic (exact) mass is 420 g/mol. The number of hydrogen-bond acceptors (Lipinski definition) is 9. The van der Waals surface area contributed by atoms with Gasteiger partial charge in [-0.15, -0.1) is 0 Å². The van der Waals surface area contributed by atoms with Gasteiger partial charge >= 0.3 is 17.9 Å². The number of hydrogen-bond donors (Lipinski definition) is 1. The van der Waals surface area contributed by atoms with Gasteiger partial charge in [-0.25, -0.2) is 0 Å². The molecule has 1 aliphatic rings. The van der Waals surface area contributed by atoms with Crippen molar-refractivity contribution in [3.63, 3.8) is 0 Å². The minimum atomic E-state index is -1.50. The summed E-state index contributed by atoms with van der Waals surface area (Å²) in [6.07, 6.45) is -4.59. The van der Waals surface area contributed by atoms with Crippen LogP contribution in [0.1, 0.15) is 27.7 Å². The Balaban J connectivity index is 3.26. The van der Waals surface area contributed by atoms with Crippen LogP contribution in [0, 0.1) is 0 Å². The Morgan fingerprint density at radius 1 is 0.964 bits per heavy atom. The van der Waals surface area contributed by atoms with Crippen LogP contribution in [0.2, 0.25) is 25.7 Å². The largest absolute Gasteiger partial charge is 0.456 e. The summed E-state index contributed by atoms with van der Waals surface area (Å²) < 4.78 is 27.8. The number of esters is 3. The number of carbonyl (C=O) groups is 3. The van der Waals surface area contributed by atoms with Crippen molar-refractivity contribution >= 4 is 26.0 Å². The van der Waals surface area contributed by atoms with E-state index in [1.807, 2.05) is 0 Å². The van der Waals surface area contributed by atoms with E-state index in [0.717, 1.165) is 6.04 Å². The van der Waals surface area contributed by atoms with Crippen molar-refractivity contribution in [1.82, 2.24) is 0 Å². The minimum Gasteiger partial charge on any atom is -0.456 e. The molecule has 0 aromatic heterocycles. The Bertz CT molecular complexity index is 574. The van der Waals surface area contributed by atoms with Crippen LogP contribution >= 0.6 is 0 Å². The molecular formula is C18H32O9Si. The lowest BCUT2D eigenvalue weighted by Crippen LogP contribution is -2.67. The molecule has 28 heavy (non-hydrogen) atoms. The summed E-state index contributed by atoms with van der Waals surface area (Å²) in [5.74, 6) is -3.47. The van der Waals surface area contributed by atoms with Gasteiger partial charge in [-0.05, 0) is 13.0 Å². The molecule has 1 N–H and O–H groups in total. The van der Waals surface area contributed by atoms with E-state index in [9.17, 15) is 19.5 Å². The lowest BCUT2D eigenvalue weighted by Gasteiger charge is -2.49. The smallest absolute Gasteiger partial charge is 0.303 e. The Morgan fingerprint density at radius 3 is 1.89 bits per heavy atom. The second-order valence-electron chi connectivity index (χ2n) is 8.19. The van der Waals surface area contributed by atoms with Gasteiger partial charge in [0.05, 0.1) is 6.61 Å². The number of ether oxygens (including phenoxy) is 5. The number of aliphatic hydroxyl groups excluding tert-OH is 1. The zero-order valence-corrected chi connectivity index (χ0v) is 18.6. The summed E-state index contributed by atoms with van der Waals surface area (Å²) in [6, 6.07) is 0.814. The van der Waals surface area contributed by atoms with E-state index in [1.54, 1.807) is 6.92 Å². The highest BCUT2D eigenvalue weighted by atomic mass is 28.3. The Labute approximate surface area is 166 Å². The maximum Gasteiger partial charge on any atom is 0.303 e. The maximum atomic E-state index is 11.7. The van der Waals surface area contributed by atoms with Gasteiger partial charge in [0.1, 0.15) is 6.10 Å². The molecule has 0 aliphatic carbocycles. The van der Waals surface area contributed by atoms with E-state index < -0.39 is 62.8 Å². The molecular weight excluding hydrogens is 388 g/mol. The van der Waals surface area contributed by atoms with E-state index in [-0.39, 0.29) is 0 Å². The van der Waals surface area contributed by atoms with Gasteiger partial charge < -0.3 is 28.8 Å². The minimum absolute atomic E-state index is 0.327. The van der Waals surface area contributed by atoms with Crippen molar-refractivity contribution in [3.8, 4) is 0 Å². The highest BCUT2D eigenvalue weighted by Gasteiger charge is 2.58. The van der Waals surface area contributed by atoms with Crippen molar-refractivity contribution in [1.29, 1.82) is 0 Å². The number of rotatable bonds is 8. The van der Waals surface area contributed by atoms with Crippen molar-refractivity contribution < 1.29 is 43.2 Å². The standard InChI is InChI=1S/C18H32O9Si/c1-11(20)24-15-14(10-19)27-18(4,23-8-9-28(5,6)7)17(26-13(3)22)16(15)25-12(2)21/h14-17,19H,8-10H2,1-7H3/t14-,15-,16+,17-,18-/m1/s1. The van der Waals surface area contributed by atoms with E-state index in [1.165, 1.54) is 20.8 Å². The highest BCUT2D eigenvalue weighted by molar-refractivity contribution is 6.76. The van der Waals surface area contributed by atoms with Crippen LogP contribution in [0.15, 0.2) is 0 Å². The van der Waals surface area contributed by atoms with E-state index in [4.69, 9.17) is 23.7 Å². The molecule has 5 atom stereocenters. The van der Waals surface area contributed by atoms with Crippen LogP contribution in [0.25, 0.3) is 0 Å². The fourth-order valence-electron chi connectivity index (χ4n) is 2.94. The summed E-state index contributed by atoms with van der Waals surface area (Å²) in [5, 5.41) is 9.77. The molecule has 0 aromatic rings. The first-order chi connectivity index (χ1) is 12.8. The Hall–Kier alpha value is -1.49. The third-order valence-corrected chi connectivity index (χ3v) is 5.91. The quantitative estimate of drug-likeness (QED) is 0.351. The van der Waals surface area contributed by atoms with Crippen molar-refractivity contribution in [2.75, 3.05) is 13.2 Å². The predicted molar refractivity (Wildman–Crippen MR) is 101 cm³/mol. The fraction of sp³-hybridized carbons (Fsp3) is 0.833. The molecule has 9 nitrogen and oxygen atoms in total. The summed E-state index contributed by atoms with van der Waals surface area (Å²) >= 11 is 0. The van der Waals surface area contributed by atoms with Crippen LogP contribution in [-0.4, -0.2) is 74.5 Å². The third-order valence-electron chi connectivity index (χ3n) is 4.21. The van der Waals surface area contributed by atoms with Gasteiger partial charge in [-0.3, -0.25) is 14.4 Å². The molecule has 1 saturated heterocycles. The highest BCUT2D eigenvalue weighted by Crippen LogP contribution is 2.36. The second-order valence-corrected chi connectivity index (χ2v) is 13.8. The first kappa shape index (κ1) is 24.5. The summed E-state index contributed by atoms with van der Waals surface area (Å²) in [6.45, 7) is 11.5. The van der Waals surface area contributed by atoms with Crippen molar-refractivity contribution in [2.24, 2.45) is 0 Å². The van der Waals surface area contributed by atoms with Crippen molar-refractivity contribution in [2.45, 2.75) is 83.6 Å². The van der Waals surface area contributed by atoms with Crippen LogP contribution < -0.4 is 0 Å². The molecule has 1 rings (SSSR count). The van der Waals surface area contributed by atoms with Gasteiger partial charge in [-0.2, -0.15) is 0 Å². The molecule has 0 unspecified atom stereocenters. The molecule has 1 heterocycles. The van der Waals surface area contributed by atoms with Gasteiger partial charge in [0, 0.05) is 35.5 Å². The second kappa shape index (κ2) is 9.81. The first-order valence-corrected chi connectivity index (χ1v) is 12.9. The zero-order valence-electron chi connectivity index (χ0n) is 17.6. The van der Waals surface area contributed by atoms with E-state index in [0.29, 0.717) is 6.61 Å². The predicted octanol–water partition coefficient (Wildman–Crippen LogP) is 1.24. The fourth-order valence-corrected chi connectivity index (χ4v) is 3.66. The molecule has 10 heteroatoms. The van der Waals surface area contributed by atoms with Crippen LogP contribution in [0.4, 0.5) is 0 Å². The molecule has 1 fully saturated rings. The third kappa shape index (κ3) is 7.15. The van der Waals surface area contributed by atoms with Gasteiger partial charge in [0.25, 0.3) is 0 Å². The first-order valence-electron chi connectivity index (χ1n) is 9.23. The number of aliphatic hydroxyl groups is 1. The molecule has 0 bridgehead atoms. The lowest BCUT2D eigenvalue weighted by molar-refractivity contribution is -0.357. The summed E-state index contributed by atoms with van der Waals surface area (Å²) in [4.78, 5) is 34.9. The molecule has 0 radical (unpaired) electrons. The topological polar surface area (TPSA) is 118 Å². The van der Waals surface area contributed by atoms with Crippen LogP contribution in [0.3, 0.4) is 0 Å². The Kier molecular flexibility index (Phi) is 8.60. The molecule has 0 aromatic carbocycles. The average Bonchev–Trinajstić information content (AvgIpc) is 2.51. The van der Waals surface area contributed by atoms with Gasteiger partial charge in [0.2, 0.25) is 5.79 Å². The summed E-state index contributed by atoms with van der Waals surface area (Å²) in [7, 11) is -1.42. The lowest BCUT2D eigenvalue weighted by atomic mass is 9.92. The zero-order chi connectivity index (χ0) is 21.7. The summed E-state index contributed by atoms with van der Waals surface area (Å²) in [5.41, 5.74) is 0. The van der Waals surface area contributed by atoms with Crippen LogP contribution in [-0.2, 0) is 38.1 Å². The van der Waals surface area contributed by atoms with Gasteiger partial charge in [-0.1, -0.05) is 19.6 Å². The van der Waals surface area contributed by atoms with Gasteiger partial charge in [0.15, 0.2) is 18.3 Å². The van der Waals surface area contributed by atoms with Crippen molar-refractivity contribution in [3.05, 3.63) is 0 Å². The van der Waals surface area contributed by atoms with Crippen LogP contribution in [0.5, 0.6) is 0 Å². The molecule has 0 saturated carbocycles. The molecule has 0 amide bonds. The number of carbonyl (C=O) groups excluding carboxylic acids is 3. The Morgan fingerprint density at radius 2 is 1.46 bits per heavy atom. The maximum absolute atomic E-state index is 11.7. The average molecular weight is 421 g/mol. The molecule has 162 valence electrons. The molecule has 1 aliphatic heterocycles. The normalized spacial score (nSPS) is 30.4. The van der Waals surface area contributed by atoms with E-state index >= 15 is 0 Å². The van der Waals surface area contributed by atoms with E-state index in [2.05, 4.69) is 19.6 Å². The SMILES string of the molecule is CC(=O)O[C@H]1[C@H](OC(C)=O)[C@@H](CO)O[C@@](C)(OCC[Si](C)(C)C)[C@@H]1OC(C)=O. The molecule has 0 spiro atoms.